The maximum atomic E-state index is 11.9. The molecule has 0 bridgehead atoms. The van der Waals surface area contributed by atoms with Crippen LogP contribution in [0.25, 0.3) is 0 Å². The molecule has 1 aliphatic heterocycles. The highest BCUT2D eigenvalue weighted by Gasteiger charge is 2.24. The van der Waals surface area contributed by atoms with Crippen molar-refractivity contribution in [3.63, 3.8) is 0 Å². The summed E-state index contributed by atoms with van der Waals surface area (Å²) in [6.07, 6.45) is 7.49. The lowest BCUT2D eigenvalue weighted by Gasteiger charge is -2.17. The van der Waals surface area contributed by atoms with Crippen molar-refractivity contribution in [1.82, 2.24) is 30.3 Å². The van der Waals surface area contributed by atoms with Gasteiger partial charge in [0.15, 0.2) is 0 Å². The number of hydrogen-bond acceptors (Lipinski definition) is 4. The van der Waals surface area contributed by atoms with Crippen LogP contribution in [0.4, 0.5) is 4.79 Å². The molecule has 2 aliphatic rings. The lowest BCUT2D eigenvalue weighted by molar-refractivity contribution is 0.234. The van der Waals surface area contributed by atoms with Gasteiger partial charge in [-0.05, 0) is 38.6 Å². The van der Waals surface area contributed by atoms with Gasteiger partial charge in [-0.15, -0.1) is 0 Å². The molecule has 2 amide bonds. The number of likely N-dealkylation sites (tertiary alicyclic amines) is 1. The lowest BCUT2D eigenvalue weighted by Crippen LogP contribution is -2.42. The summed E-state index contributed by atoms with van der Waals surface area (Å²) in [6.45, 7) is 6.62. The quantitative estimate of drug-likeness (QED) is 0.830. The molecule has 3 rings (SSSR count). The SMILES string of the molecule is CCn1ncnc1CN1CC[C@@H](CNC(=O)NC2CCCC2)C1. The average Bonchev–Trinajstić information content (AvgIpc) is 3.27. The van der Waals surface area contributed by atoms with Crippen molar-refractivity contribution in [2.75, 3.05) is 19.6 Å². The second-order valence-electron chi connectivity index (χ2n) is 6.72. The van der Waals surface area contributed by atoms with Crippen LogP contribution in [-0.2, 0) is 13.1 Å². The van der Waals surface area contributed by atoms with E-state index in [4.69, 9.17) is 0 Å². The van der Waals surface area contributed by atoms with E-state index in [1.807, 2.05) is 4.68 Å². The van der Waals surface area contributed by atoms with Gasteiger partial charge < -0.3 is 10.6 Å². The Labute approximate surface area is 137 Å². The van der Waals surface area contributed by atoms with Gasteiger partial charge in [0.05, 0.1) is 6.54 Å². The number of aryl methyl sites for hydroxylation is 1. The zero-order valence-corrected chi connectivity index (χ0v) is 14.0. The van der Waals surface area contributed by atoms with Crippen molar-refractivity contribution in [3.05, 3.63) is 12.2 Å². The van der Waals surface area contributed by atoms with Gasteiger partial charge in [-0.3, -0.25) is 4.90 Å². The molecular formula is C16H28N6O. The molecule has 128 valence electrons. The third kappa shape index (κ3) is 4.43. The summed E-state index contributed by atoms with van der Waals surface area (Å²) in [4.78, 5) is 18.7. The highest BCUT2D eigenvalue weighted by Crippen LogP contribution is 2.18. The number of urea groups is 1. The predicted octanol–water partition coefficient (Wildman–Crippen LogP) is 1.36. The van der Waals surface area contributed by atoms with Gasteiger partial charge in [-0.25, -0.2) is 14.5 Å². The Morgan fingerprint density at radius 2 is 2.17 bits per heavy atom. The maximum Gasteiger partial charge on any atom is 0.315 e. The Morgan fingerprint density at radius 1 is 1.35 bits per heavy atom. The van der Waals surface area contributed by atoms with E-state index >= 15 is 0 Å². The number of rotatable bonds is 6. The van der Waals surface area contributed by atoms with Crippen molar-refractivity contribution in [3.8, 4) is 0 Å². The van der Waals surface area contributed by atoms with Crippen molar-refractivity contribution >= 4 is 6.03 Å². The molecule has 1 saturated carbocycles. The number of nitrogens with zero attached hydrogens (tertiary/aromatic N) is 4. The molecule has 2 fully saturated rings. The Morgan fingerprint density at radius 3 is 2.96 bits per heavy atom. The van der Waals surface area contributed by atoms with E-state index in [0.29, 0.717) is 12.0 Å². The molecule has 0 unspecified atom stereocenters. The predicted molar refractivity (Wildman–Crippen MR) is 87.9 cm³/mol. The zero-order chi connectivity index (χ0) is 16.1. The summed E-state index contributed by atoms with van der Waals surface area (Å²) in [5.41, 5.74) is 0. The van der Waals surface area contributed by atoms with Gasteiger partial charge in [0.25, 0.3) is 0 Å². The summed E-state index contributed by atoms with van der Waals surface area (Å²) < 4.78 is 1.95. The monoisotopic (exact) mass is 320 g/mol. The van der Waals surface area contributed by atoms with E-state index < -0.39 is 0 Å². The third-order valence-electron chi connectivity index (χ3n) is 4.97. The highest BCUT2D eigenvalue weighted by atomic mass is 16.2. The van der Waals surface area contributed by atoms with Gasteiger partial charge >= 0.3 is 6.03 Å². The maximum absolute atomic E-state index is 11.9. The Balaban J connectivity index is 1.37. The number of carbonyl (C=O) groups excluding carboxylic acids is 1. The lowest BCUT2D eigenvalue weighted by atomic mass is 10.1. The first-order valence-electron chi connectivity index (χ1n) is 8.88. The molecular weight excluding hydrogens is 292 g/mol. The van der Waals surface area contributed by atoms with Crippen LogP contribution in [0.5, 0.6) is 0 Å². The molecule has 7 nitrogen and oxygen atoms in total. The van der Waals surface area contributed by atoms with Crippen LogP contribution < -0.4 is 10.6 Å². The van der Waals surface area contributed by atoms with E-state index in [0.717, 1.165) is 57.8 Å². The largest absolute Gasteiger partial charge is 0.338 e. The second-order valence-corrected chi connectivity index (χ2v) is 6.72. The Hall–Kier alpha value is -1.63. The summed E-state index contributed by atoms with van der Waals surface area (Å²) in [6, 6.07) is 0.386. The molecule has 7 heteroatoms. The van der Waals surface area contributed by atoms with E-state index in [1.165, 1.54) is 12.8 Å². The van der Waals surface area contributed by atoms with Crippen LogP contribution in [0.2, 0.25) is 0 Å². The van der Waals surface area contributed by atoms with E-state index in [-0.39, 0.29) is 6.03 Å². The molecule has 1 aliphatic carbocycles. The molecule has 1 saturated heterocycles. The minimum atomic E-state index is 0.000996. The topological polar surface area (TPSA) is 75.1 Å². The van der Waals surface area contributed by atoms with Gasteiger partial charge in [0, 0.05) is 25.7 Å². The first-order chi connectivity index (χ1) is 11.2. The van der Waals surface area contributed by atoms with Crippen LogP contribution in [0, 0.1) is 5.92 Å². The normalized spacial score (nSPS) is 22.6. The molecule has 1 atom stereocenters. The molecule has 1 aromatic heterocycles. The fraction of sp³-hybridized carbons (Fsp3) is 0.812. The minimum absolute atomic E-state index is 0.000996. The number of hydrogen-bond donors (Lipinski definition) is 2. The molecule has 0 aromatic carbocycles. The van der Waals surface area contributed by atoms with Gasteiger partial charge in [0.1, 0.15) is 12.2 Å². The average molecular weight is 320 g/mol. The fourth-order valence-electron chi connectivity index (χ4n) is 3.64. The fourth-order valence-corrected chi connectivity index (χ4v) is 3.64. The third-order valence-corrected chi connectivity index (χ3v) is 4.97. The first-order valence-corrected chi connectivity index (χ1v) is 8.88. The van der Waals surface area contributed by atoms with E-state index in [2.05, 4.69) is 32.5 Å². The van der Waals surface area contributed by atoms with Gasteiger partial charge in [-0.2, -0.15) is 5.10 Å². The van der Waals surface area contributed by atoms with Crippen LogP contribution in [-0.4, -0.2) is 51.4 Å². The molecule has 0 spiro atoms. The van der Waals surface area contributed by atoms with Gasteiger partial charge in [-0.1, -0.05) is 12.8 Å². The van der Waals surface area contributed by atoms with E-state index in [9.17, 15) is 4.79 Å². The molecule has 2 N–H and O–H groups in total. The molecule has 0 radical (unpaired) electrons. The van der Waals surface area contributed by atoms with Crippen LogP contribution >= 0.6 is 0 Å². The van der Waals surface area contributed by atoms with Crippen molar-refractivity contribution in [1.29, 1.82) is 0 Å². The molecule has 23 heavy (non-hydrogen) atoms. The number of carbonyl (C=O) groups is 1. The number of amides is 2. The number of aromatic nitrogens is 3. The summed E-state index contributed by atoms with van der Waals surface area (Å²) >= 11 is 0. The number of nitrogens with one attached hydrogen (secondary N) is 2. The summed E-state index contributed by atoms with van der Waals surface area (Å²) in [5, 5.41) is 10.3. The van der Waals surface area contributed by atoms with E-state index in [1.54, 1.807) is 6.33 Å². The minimum Gasteiger partial charge on any atom is -0.338 e. The summed E-state index contributed by atoms with van der Waals surface area (Å²) in [7, 11) is 0. The van der Waals surface area contributed by atoms with Gasteiger partial charge in [0.2, 0.25) is 0 Å². The van der Waals surface area contributed by atoms with Crippen molar-refractivity contribution < 1.29 is 4.79 Å². The first kappa shape index (κ1) is 16.2. The van der Waals surface area contributed by atoms with Crippen molar-refractivity contribution in [2.45, 2.75) is 58.2 Å². The van der Waals surface area contributed by atoms with Crippen molar-refractivity contribution in [2.24, 2.45) is 5.92 Å². The summed E-state index contributed by atoms with van der Waals surface area (Å²) in [5.74, 6) is 1.56. The molecule has 2 heterocycles. The van der Waals surface area contributed by atoms with Crippen LogP contribution in [0.1, 0.15) is 44.9 Å². The zero-order valence-electron chi connectivity index (χ0n) is 14.0. The smallest absolute Gasteiger partial charge is 0.315 e. The highest BCUT2D eigenvalue weighted by molar-refractivity contribution is 5.74. The Bertz CT molecular complexity index is 510. The molecule has 1 aromatic rings. The second kappa shape index (κ2) is 7.77. The van der Waals surface area contributed by atoms with Crippen LogP contribution in [0.3, 0.4) is 0 Å². The van der Waals surface area contributed by atoms with Crippen LogP contribution in [0.15, 0.2) is 6.33 Å². The Kier molecular flexibility index (Phi) is 5.48. The standard InChI is InChI=1S/C16H28N6O/c1-2-22-15(18-12-19-22)11-21-8-7-13(10-21)9-17-16(23)20-14-5-3-4-6-14/h12-14H,2-11H2,1H3,(H2,17,20,23)/t13-/m0/s1.